The van der Waals surface area contributed by atoms with Crippen LogP contribution < -0.4 is 0 Å². The fourth-order valence-corrected chi connectivity index (χ4v) is 2.67. The largest absolute Gasteiger partial charge is 0.384 e. The van der Waals surface area contributed by atoms with Gasteiger partial charge in [-0.1, -0.05) is 0 Å². The molecule has 3 heterocycles. The van der Waals surface area contributed by atoms with Crippen molar-refractivity contribution in [2.75, 3.05) is 39.3 Å². The molecule has 0 aromatic carbocycles. The van der Waals surface area contributed by atoms with Crippen molar-refractivity contribution >= 4 is 0 Å². The van der Waals surface area contributed by atoms with Gasteiger partial charge in [-0.3, -0.25) is 9.80 Å². The minimum absolute atomic E-state index is 0.337. The summed E-state index contributed by atoms with van der Waals surface area (Å²) in [5, 5.41) is 43.5. The van der Waals surface area contributed by atoms with E-state index in [1.54, 1.807) is 14.1 Å². The number of aromatic nitrogens is 8. The van der Waals surface area contributed by atoms with Crippen molar-refractivity contribution < 1.29 is 10.2 Å². The highest BCUT2D eigenvalue weighted by molar-refractivity contribution is 4.89. The number of aliphatic hydroxyl groups excluding tert-OH is 2. The monoisotopic (exact) mass is 338 g/mol. The molecule has 1 aliphatic rings. The zero-order valence-electron chi connectivity index (χ0n) is 13.8. The number of piperazine rings is 1. The standard InChI is InChI=1S/C12H22N10O2/c1-19-15-11(13-17-19)9(23)7-21-3-5-22(6-4-21)8-10(24)12-14-18-20(2)16-12/h9-10,23-24H,3-8H2,1-2H3/t9-,10+. The van der Waals surface area contributed by atoms with Crippen molar-refractivity contribution in [3.63, 3.8) is 0 Å². The first-order chi connectivity index (χ1) is 11.5. The molecule has 2 atom stereocenters. The Morgan fingerprint density at radius 1 is 0.792 bits per heavy atom. The second-order valence-corrected chi connectivity index (χ2v) is 5.91. The van der Waals surface area contributed by atoms with Gasteiger partial charge < -0.3 is 10.2 Å². The maximum atomic E-state index is 10.1. The molecule has 0 amide bonds. The Kier molecular flexibility index (Phi) is 5.08. The number of rotatable bonds is 6. The average Bonchev–Trinajstić information content (AvgIpc) is 3.18. The maximum absolute atomic E-state index is 10.1. The van der Waals surface area contributed by atoms with Crippen LogP contribution in [0, 0.1) is 0 Å². The Morgan fingerprint density at radius 2 is 1.17 bits per heavy atom. The fourth-order valence-electron chi connectivity index (χ4n) is 2.67. The van der Waals surface area contributed by atoms with Crippen LogP contribution in [0.25, 0.3) is 0 Å². The number of β-amino-alcohol motifs (C(OH)–C–C–N with tert-alkyl or cyclic N) is 2. The minimum Gasteiger partial charge on any atom is -0.384 e. The van der Waals surface area contributed by atoms with Crippen LogP contribution in [0.2, 0.25) is 0 Å². The molecule has 12 heteroatoms. The van der Waals surface area contributed by atoms with Gasteiger partial charge in [-0.25, -0.2) is 0 Å². The van der Waals surface area contributed by atoms with E-state index >= 15 is 0 Å². The van der Waals surface area contributed by atoms with Gasteiger partial charge in [-0.05, 0) is 10.4 Å². The molecule has 0 saturated carbocycles. The fraction of sp³-hybridized carbons (Fsp3) is 0.833. The molecular formula is C12H22N10O2. The number of nitrogens with zero attached hydrogens (tertiary/aromatic N) is 10. The summed E-state index contributed by atoms with van der Waals surface area (Å²) in [6.45, 7) is 4.09. The lowest BCUT2D eigenvalue weighted by Crippen LogP contribution is -2.48. The van der Waals surface area contributed by atoms with Crippen LogP contribution >= 0.6 is 0 Å². The predicted molar refractivity (Wildman–Crippen MR) is 80.4 cm³/mol. The van der Waals surface area contributed by atoms with Crippen LogP contribution in [-0.4, -0.2) is 99.7 Å². The molecule has 12 nitrogen and oxygen atoms in total. The van der Waals surface area contributed by atoms with Crippen LogP contribution in [-0.2, 0) is 14.1 Å². The second-order valence-electron chi connectivity index (χ2n) is 5.91. The van der Waals surface area contributed by atoms with Gasteiger partial charge in [-0.2, -0.15) is 9.59 Å². The summed E-state index contributed by atoms with van der Waals surface area (Å²) in [6.07, 6.45) is -1.50. The summed E-state index contributed by atoms with van der Waals surface area (Å²) in [4.78, 5) is 6.95. The van der Waals surface area contributed by atoms with Crippen LogP contribution in [0.4, 0.5) is 0 Å². The van der Waals surface area contributed by atoms with E-state index in [1.165, 1.54) is 9.59 Å². The first-order valence-corrected chi connectivity index (χ1v) is 7.80. The van der Waals surface area contributed by atoms with Gasteiger partial charge in [0, 0.05) is 39.3 Å². The van der Waals surface area contributed by atoms with Gasteiger partial charge in [0.1, 0.15) is 12.2 Å². The number of hydrogen-bond donors (Lipinski definition) is 2. The molecule has 24 heavy (non-hydrogen) atoms. The summed E-state index contributed by atoms with van der Waals surface area (Å²) in [6, 6.07) is 0. The van der Waals surface area contributed by atoms with E-state index in [-0.39, 0.29) is 0 Å². The van der Waals surface area contributed by atoms with Crippen LogP contribution in [0.1, 0.15) is 23.9 Å². The Morgan fingerprint density at radius 3 is 1.46 bits per heavy atom. The van der Waals surface area contributed by atoms with E-state index in [1.807, 2.05) is 0 Å². The van der Waals surface area contributed by atoms with E-state index in [9.17, 15) is 10.2 Å². The molecular weight excluding hydrogens is 316 g/mol. The molecule has 0 unspecified atom stereocenters. The van der Waals surface area contributed by atoms with Crippen molar-refractivity contribution in [3.8, 4) is 0 Å². The summed E-state index contributed by atoms with van der Waals surface area (Å²) in [5.74, 6) is 0.674. The third-order valence-corrected chi connectivity index (χ3v) is 3.97. The van der Waals surface area contributed by atoms with Crippen LogP contribution in [0.3, 0.4) is 0 Å². The molecule has 0 radical (unpaired) electrons. The third kappa shape index (κ3) is 4.08. The van der Waals surface area contributed by atoms with Crippen molar-refractivity contribution in [2.45, 2.75) is 12.2 Å². The molecule has 1 saturated heterocycles. The van der Waals surface area contributed by atoms with Crippen LogP contribution in [0.15, 0.2) is 0 Å². The van der Waals surface area contributed by atoms with Gasteiger partial charge in [0.05, 0.1) is 14.1 Å². The molecule has 3 rings (SSSR count). The highest BCUT2D eigenvalue weighted by Crippen LogP contribution is 2.13. The number of aliphatic hydroxyl groups is 2. The quantitative estimate of drug-likeness (QED) is 0.565. The van der Waals surface area contributed by atoms with Gasteiger partial charge in [0.25, 0.3) is 0 Å². The molecule has 1 fully saturated rings. The van der Waals surface area contributed by atoms with E-state index in [0.717, 1.165) is 26.2 Å². The van der Waals surface area contributed by atoms with Crippen LogP contribution in [0.5, 0.6) is 0 Å². The summed E-state index contributed by atoms with van der Waals surface area (Å²) >= 11 is 0. The van der Waals surface area contributed by atoms with Crippen molar-refractivity contribution in [3.05, 3.63) is 11.6 Å². The van der Waals surface area contributed by atoms with E-state index in [0.29, 0.717) is 24.7 Å². The lowest BCUT2D eigenvalue weighted by molar-refractivity contribution is 0.0439. The van der Waals surface area contributed by atoms with Gasteiger partial charge in [0.15, 0.2) is 0 Å². The number of aryl methyl sites for hydroxylation is 2. The highest BCUT2D eigenvalue weighted by Gasteiger charge is 2.24. The Balaban J connectivity index is 1.44. The Labute approximate surface area is 138 Å². The van der Waals surface area contributed by atoms with E-state index in [2.05, 4.69) is 40.6 Å². The molecule has 2 aromatic heterocycles. The van der Waals surface area contributed by atoms with Gasteiger partial charge in [0.2, 0.25) is 11.6 Å². The number of tetrazole rings is 2. The molecule has 2 N–H and O–H groups in total. The maximum Gasteiger partial charge on any atom is 0.204 e. The third-order valence-electron chi connectivity index (χ3n) is 3.97. The Bertz CT molecular complexity index is 594. The Hall–Kier alpha value is -2.02. The van der Waals surface area contributed by atoms with Crippen molar-refractivity contribution in [1.82, 2.24) is 50.2 Å². The summed E-state index contributed by atoms with van der Waals surface area (Å²) in [5.41, 5.74) is 0. The van der Waals surface area contributed by atoms with Crippen molar-refractivity contribution in [1.29, 1.82) is 0 Å². The smallest absolute Gasteiger partial charge is 0.204 e. The first kappa shape index (κ1) is 16.8. The zero-order chi connectivity index (χ0) is 17.1. The molecule has 1 aliphatic heterocycles. The number of hydrogen-bond acceptors (Lipinski definition) is 10. The highest BCUT2D eigenvalue weighted by atomic mass is 16.3. The van der Waals surface area contributed by atoms with Gasteiger partial charge >= 0.3 is 0 Å². The molecule has 132 valence electrons. The summed E-state index contributed by atoms with van der Waals surface area (Å²) < 4.78 is 0. The summed E-state index contributed by atoms with van der Waals surface area (Å²) in [7, 11) is 3.33. The molecule has 0 aliphatic carbocycles. The lowest BCUT2D eigenvalue weighted by atomic mass is 10.2. The zero-order valence-corrected chi connectivity index (χ0v) is 13.8. The van der Waals surface area contributed by atoms with Crippen molar-refractivity contribution in [2.24, 2.45) is 14.1 Å². The first-order valence-electron chi connectivity index (χ1n) is 7.80. The second kappa shape index (κ2) is 7.25. The average molecular weight is 338 g/mol. The topological polar surface area (TPSA) is 134 Å². The molecule has 0 spiro atoms. The van der Waals surface area contributed by atoms with E-state index < -0.39 is 12.2 Å². The molecule has 2 aromatic rings. The normalized spacial score (nSPS) is 19.5. The van der Waals surface area contributed by atoms with E-state index in [4.69, 9.17) is 0 Å². The lowest BCUT2D eigenvalue weighted by Gasteiger charge is -2.35. The predicted octanol–water partition coefficient (Wildman–Crippen LogP) is -2.88. The minimum atomic E-state index is -0.750. The van der Waals surface area contributed by atoms with Gasteiger partial charge in [-0.15, -0.1) is 20.4 Å². The SMILES string of the molecule is Cn1nnc([C@H](O)CN2CCN(C[C@H](O)c3nnn(C)n3)CC2)n1. The molecule has 0 bridgehead atoms.